The van der Waals surface area contributed by atoms with E-state index in [1.54, 1.807) is 30.3 Å². The number of aliphatic imine (C=N–C) groups is 1. The fourth-order valence-electron chi connectivity index (χ4n) is 1.64. The van der Waals surface area contributed by atoms with Gasteiger partial charge in [0.05, 0.1) is 27.7 Å². The van der Waals surface area contributed by atoms with Crippen molar-refractivity contribution in [3.63, 3.8) is 0 Å². The molecule has 0 saturated carbocycles. The van der Waals surface area contributed by atoms with Gasteiger partial charge in [-0.1, -0.05) is 16.8 Å². The molecule has 5 nitrogen and oxygen atoms in total. The molecule has 2 aromatic heterocycles. The number of isothiocyanates is 1. The van der Waals surface area contributed by atoms with E-state index in [9.17, 15) is 0 Å². The van der Waals surface area contributed by atoms with E-state index >= 15 is 0 Å². The third kappa shape index (κ3) is 2.40. The Labute approximate surface area is 123 Å². The summed E-state index contributed by atoms with van der Waals surface area (Å²) >= 11 is 10.7. The van der Waals surface area contributed by atoms with Gasteiger partial charge < -0.3 is 8.94 Å². The molecule has 2 heterocycles. The maximum atomic E-state index is 6.16. The normalized spacial score (nSPS) is 10.2. The number of thiocarbonyl (C=S) groups is 1. The van der Waals surface area contributed by atoms with E-state index in [1.165, 1.54) is 6.26 Å². The summed E-state index contributed by atoms with van der Waals surface area (Å²) in [5, 5.41) is 6.56. The molecule has 0 radical (unpaired) electrons. The zero-order valence-electron chi connectivity index (χ0n) is 9.91. The van der Waals surface area contributed by atoms with Gasteiger partial charge in [-0.05, 0) is 42.5 Å². The van der Waals surface area contributed by atoms with Crippen LogP contribution in [-0.2, 0) is 0 Å². The second kappa shape index (κ2) is 5.38. The summed E-state index contributed by atoms with van der Waals surface area (Å²) in [4.78, 5) is 8.08. The minimum atomic E-state index is 0.305. The van der Waals surface area contributed by atoms with Gasteiger partial charge in [0.2, 0.25) is 5.82 Å². The number of benzene rings is 1. The monoisotopic (exact) mass is 303 g/mol. The van der Waals surface area contributed by atoms with Gasteiger partial charge in [-0.2, -0.15) is 9.98 Å². The number of rotatable bonds is 3. The molecule has 0 amide bonds. The maximum absolute atomic E-state index is 6.16. The molecule has 0 aliphatic rings. The molecular weight excluding hydrogens is 298 g/mol. The van der Waals surface area contributed by atoms with E-state index in [0.717, 1.165) is 0 Å². The first-order valence-electron chi connectivity index (χ1n) is 5.53. The highest BCUT2D eigenvalue weighted by molar-refractivity contribution is 7.78. The molecule has 20 heavy (non-hydrogen) atoms. The SMILES string of the molecule is S=C=Nc1ccc(-c2nc(-c3ccco3)no2)c(Cl)c1. The lowest BCUT2D eigenvalue weighted by atomic mass is 10.2. The molecule has 98 valence electrons. The highest BCUT2D eigenvalue weighted by atomic mass is 35.5. The van der Waals surface area contributed by atoms with Gasteiger partial charge in [-0.25, -0.2) is 0 Å². The van der Waals surface area contributed by atoms with Crippen molar-refractivity contribution in [2.75, 3.05) is 0 Å². The van der Waals surface area contributed by atoms with Gasteiger partial charge in [-0.15, -0.1) is 0 Å². The van der Waals surface area contributed by atoms with Crippen molar-refractivity contribution >= 4 is 34.7 Å². The largest absolute Gasteiger partial charge is 0.461 e. The zero-order chi connectivity index (χ0) is 13.9. The van der Waals surface area contributed by atoms with Crippen LogP contribution in [0.1, 0.15) is 0 Å². The third-order valence-corrected chi connectivity index (χ3v) is 2.93. The lowest BCUT2D eigenvalue weighted by Crippen LogP contribution is -1.80. The van der Waals surface area contributed by atoms with Gasteiger partial charge in [0.1, 0.15) is 0 Å². The van der Waals surface area contributed by atoms with Crippen LogP contribution in [0.25, 0.3) is 23.0 Å². The van der Waals surface area contributed by atoms with Crippen LogP contribution in [0.3, 0.4) is 0 Å². The second-order valence-electron chi connectivity index (χ2n) is 3.77. The summed E-state index contributed by atoms with van der Waals surface area (Å²) in [6.45, 7) is 0. The summed E-state index contributed by atoms with van der Waals surface area (Å²) in [5.41, 5.74) is 1.22. The molecule has 0 bridgehead atoms. The molecule has 0 unspecified atom stereocenters. The highest BCUT2D eigenvalue weighted by Crippen LogP contribution is 2.31. The van der Waals surface area contributed by atoms with E-state index < -0.39 is 0 Å². The van der Waals surface area contributed by atoms with Crippen molar-refractivity contribution < 1.29 is 8.94 Å². The first-order valence-corrected chi connectivity index (χ1v) is 6.32. The molecular formula is C13H6ClN3O2S. The second-order valence-corrected chi connectivity index (χ2v) is 4.36. The standard InChI is InChI=1S/C13H6ClN3O2S/c14-10-6-8(15-7-20)3-4-9(10)13-16-12(17-19-13)11-2-1-5-18-11/h1-6H. The van der Waals surface area contributed by atoms with Crippen molar-refractivity contribution in [1.29, 1.82) is 0 Å². The zero-order valence-corrected chi connectivity index (χ0v) is 11.5. The van der Waals surface area contributed by atoms with Gasteiger partial charge in [-0.3, -0.25) is 0 Å². The number of furan rings is 1. The third-order valence-electron chi connectivity index (χ3n) is 2.53. The quantitative estimate of drug-likeness (QED) is 0.530. The minimum absolute atomic E-state index is 0.305. The fraction of sp³-hybridized carbons (Fsp3) is 0. The lowest BCUT2D eigenvalue weighted by Gasteiger charge is -1.98. The van der Waals surface area contributed by atoms with Gasteiger partial charge in [0.15, 0.2) is 5.76 Å². The van der Waals surface area contributed by atoms with Crippen molar-refractivity contribution in [3.8, 4) is 23.0 Å². The summed E-state index contributed by atoms with van der Waals surface area (Å²) in [6, 6.07) is 8.60. The Morgan fingerprint density at radius 1 is 1.30 bits per heavy atom. The van der Waals surface area contributed by atoms with Gasteiger partial charge >= 0.3 is 0 Å². The molecule has 0 aliphatic carbocycles. The number of nitrogens with zero attached hydrogens (tertiary/aromatic N) is 3. The average molecular weight is 304 g/mol. The van der Waals surface area contributed by atoms with Crippen molar-refractivity contribution in [2.24, 2.45) is 4.99 Å². The molecule has 0 spiro atoms. The van der Waals surface area contributed by atoms with Crippen molar-refractivity contribution in [2.45, 2.75) is 0 Å². The van der Waals surface area contributed by atoms with Crippen LogP contribution in [0.4, 0.5) is 5.69 Å². The van der Waals surface area contributed by atoms with Crippen LogP contribution < -0.4 is 0 Å². The molecule has 7 heteroatoms. The molecule has 0 aliphatic heterocycles. The number of hydrogen-bond donors (Lipinski definition) is 0. The minimum Gasteiger partial charge on any atom is -0.461 e. The summed E-state index contributed by atoms with van der Waals surface area (Å²) in [7, 11) is 0. The number of hydrogen-bond acceptors (Lipinski definition) is 6. The Morgan fingerprint density at radius 2 is 2.20 bits per heavy atom. The Morgan fingerprint density at radius 3 is 2.90 bits per heavy atom. The van der Waals surface area contributed by atoms with E-state index in [4.69, 9.17) is 20.5 Å². The van der Waals surface area contributed by atoms with Crippen LogP contribution in [0.15, 0.2) is 50.5 Å². The Balaban J connectivity index is 1.99. The molecule has 0 fully saturated rings. The first-order chi connectivity index (χ1) is 9.78. The van der Waals surface area contributed by atoms with Gasteiger partial charge in [0, 0.05) is 0 Å². The van der Waals surface area contributed by atoms with Crippen LogP contribution in [0, 0.1) is 0 Å². The Hall–Kier alpha value is -2.27. The first kappa shape index (κ1) is 12.7. The lowest BCUT2D eigenvalue weighted by molar-refractivity contribution is 0.429. The van der Waals surface area contributed by atoms with Crippen LogP contribution >= 0.6 is 23.8 Å². The summed E-state index contributed by atoms with van der Waals surface area (Å²) in [6.07, 6.45) is 1.54. The van der Waals surface area contributed by atoms with Crippen molar-refractivity contribution in [3.05, 3.63) is 41.6 Å². The molecule has 3 rings (SSSR count). The Bertz CT molecular complexity index is 792. The topological polar surface area (TPSA) is 64.4 Å². The number of halogens is 1. The maximum Gasteiger partial charge on any atom is 0.259 e. The predicted molar refractivity (Wildman–Crippen MR) is 77.1 cm³/mol. The van der Waals surface area contributed by atoms with E-state index in [2.05, 4.69) is 32.5 Å². The molecule has 1 aromatic carbocycles. The fourth-order valence-corrected chi connectivity index (χ4v) is 2.00. The van der Waals surface area contributed by atoms with Crippen molar-refractivity contribution in [1.82, 2.24) is 10.1 Å². The van der Waals surface area contributed by atoms with Gasteiger partial charge in [0.25, 0.3) is 5.89 Å². The van der Waals surface area contributed by atoms with E-state index in [1.807, 2.05) is 0 Å². The molecule has 0 saturated heterocycles. The molecule has 0 atom stereocenters. The van der Waals surface area contributed by atoms with Crippen LogP contribution in [0.2, 0.25) is 5.02 Å². The van der Waals surface area contributed by atoms with E-state index in [-0.39, 0.29) is 0 Å². The summed E-state index contributed by atoms with van der Waals surface area (Å²) in [5.74, 6) is 1.19. The molecule has 0 N–H and O–H groups in total. The van der Waals surface area contributed by atoms with Crippen LogP contribution in [-0.4, -0.2) is 15.3 Å². The Kier molecular flexibility index (Phi) is 3.43. The van der Waals surface area contributed by atoms with Crippen LogP contribution in [0.5, 0.6) is 0 Å². The average Bonchev–Trinajstić information content (AvgIpc) is 3.10. The van der Waals surface area contributed by atoms with E-state index in [0.29, 0.717) is 33.7 Å². The smallest absolute Gasteiger partial charge is 0.259 e. The predicted octanol–water partition coefficient (Wildman–Crippen LogP) is 4.38. The highest BCUT2D eigenvalue weighted by Gasteiger charge is 2.15. The summed E-state index contributed by atoms with van der Waals surface area (Å²) < 4.78 is 10.4. The number of aromatic nitrogens is 2. The molecule has 3 aromatic rings.